The topological polar surface area (TPSA) is 58.0 Å². The van der Waals surface area contributed by atoms with Crippen molar-refractivity contribution in [1.82, 2.24) is 9.97 Å². The van der Waals surface area contributed by atoms with Crippen molar-refractivity contribution in [1.29, 1.82) is 0 Å². The van der Waals surface area contributed by atoms with Crippen LogP contribution in [0.1, 0.15) is 27.9 Å². The van der Waals surface area contributed by atoms with Gasteiger partial charge in [-0.25, -0.2) is 9.97 Å². The van der Waals surface area contributed by atoms with Gasteiger partial charge < -0.3 is 10.4 Å². The Labute approximate surface area is 113 Å². The van der Waals surface area contributed by atoms with Gasteiger partial charge in [-0.05, 0) is 49.1 Å². The third kappa shape index (κ3) is 3.29. The van der Waals surface area contributed by atoms with Gasteiger partial charge in [-0.2, -0.15) is 0 Å². The van der Waals surface area contributed by atoms with Crippen molar-refractivity contribution in [3.63, 3.8) is 0 Å². The van der Waals surface area contributed by atoms with Crippen LogP contribution in [-0.4, -0.2) is 15.1 Å². The Kier molecular flexibility index (Phi) is 4.12. The van der Waals surface area contributed by atoms with Crippen molar-refractivity contribution in [2.45, 2.75) is 33.9 Å². The lowest BCUT2D eigenvalue weighted by atomic mass is 9.99. The van der Waals surface area contributed by atoms with Crippen LogP contribution in [0.5, 0.6) is 0 Å². The molecule has 0 radical (unpaired) electrons. The fourth-order valence-corrected chi connectivity index (χ4v) is 2.15. The Morgan fingerprint density at radius 2 is 1.84 bits per heavy atom. The number of nitrogens with zero attached hydrogens (tertiary/aromatic N) is 2. The van der Waals surface area contributed by atoms with E-state index in [0.29, 0.717) is 12.5 Å². The number of aliphatic hydroxyl groups excluding tert-OH is 1. The first-order valence-electron chi connectivity index (χ1n) is 6.33. The van der Waals surface area contributed by atoms with Crippen molar-refractivity contribution in [3.05, 3.63) is 52.3 Å². The van der Waals surface area contributed by atoms with Gasteiger partial charge in [-0.3, -0.25) is 0 Å². The van der Waals surface area contributed by atoms with Crippen LogP contribution < -0.4 is 5.32 Å². The van der Waals surface area contributed by atoms with Crippen LogP contribution in [0, 0.1) is 20.8 Å². The highest BCUT2D eigenvalue weighted by Crippen LogP contribution is 2.18. The maximum atomic E-state index is 9.18. The fraction of sp³-hybridized carbons (Fsp3) is 0.333. The standard InChI is InChI=1S/C15H19N3O/c1-10-6-13(9-19)7-11(2)14(10)8-17-15-16-5-4-12(3)18-15/h4-7,19H,8-9H2,1-3H3,(H,16,17,18). The van der Waals surface area contributed by atoms with Crippen LogP contribution >= 0.6 is 0 Å². The number of hydrogen-bond acceptors (Lipinski definition) is 4. The largest absolute Gasteiger partial charge is 0.392 e. The first-order chi connectivity index (χ1) is 9.10. The van der Waals surface area contributed by atoms with E-state index in [-0.39, 0.29) is 6.61 Å². The van der Waals surface area contributed by atoms with Crippen LogP contribution in [0.15, 0.2) is 24.4 Å². The van der Waals surface area contributed by atoms with E-state index in [2.05, 4.69) is 29.1 Å². The maximum Gasteiger partial charge on any atom is 0.223 e. The molecule has 0 spiro atoms. The molecule has 4 nitrogen and oxygen atoms in total. The summed E-state index contributed by atoms with van der Waals surface area (Å²) < 4.78 is 0. The van der Waals surface area contributed by atoms with Crippen LogP contribution in [-0.2, 0) is 13.2 Å². The molecule has 2 N–H and O–H groups in total. The summed E-state index contributed by atoms with van der Waals surface area (Å²) in [6, 6.07) is 5.90. The van der Waals surface area contributed by atoms with Crippen LogP contribution in [0.4, 0.5) is 5.95 Å². The highest BCUT2D eigenvalue weighted by molar-refractivity contribution is 5.40. The smallest absolute Gasteiger partial charge is 0.223 e. The van der Waals surface area contributed by atoms with Gasteiger partial charge in [0.15, 0.2) is 0 Å². The molecule has 0 aliphatic rings. The molecule has 1 aromatic heterocycles. The van der Waals surface area contributed by atoms with Crippen molar-refractivity contribution in [2.24, 2.45) is 0 Å². The first-order valence-corrected chi connectivity index (χ1v) is 6.33. The van der Waals surface area contributed by atoms with Crippen molar-refractivity contribution >= 4 is 5.95 Å². The van der Waals surface area contributed by atoms with Gasteiger partial charge >= 0.3 is 0 Å². The summed E-state index contributed by atoms with van der Waals surface area (Å²) in [5.41, 5.74) is 5.46. The minimum Gasteiger partial charge on any atom is -0.392 e. The van der Waals surface area contributed by atoms with E-state index in [1.807, 2.05) is 25.1 Å². The third-order valence-corrected chi connectivity index (χ3v) is 3.16. The summed E-state index contributed by atoms with van der Waals surface area (Å²) in [5, 5.41) is 12.4. The molecule has 1 aromatic carbocycles. The molecule has 0 aliphatic carbocycles. The van der Waals surface area contributed by atoms with Gasteiger partial charge in [0.05, 0.1) is 6.61 Å². The van der Waals surface area contributed by atoms with E-state index in [9.17, 15) is 5.11 Å². The zero-order valence-electron chi connectivity index (χ0n) is 11.6. The Bertz CT molecular complexity index is 558. The summed E-state index contributed by atoms with van der Waals surface area (Å²) in [4.78, 5) is 8.50. The number of rotatable bonds is 4. The van der Waals surface area contributed by atoms with Crippen molar-refractivity contribution < 1.29 is 5.11 Å². The molecule has 0 saturated heterocycles. The molecule has 2 rings (SSSR count). The summed E-state index contributed by atoms with van der Waals surface area (Å²) in [6.07, 6.45) is 1.75. The van der Waals surface area contributed by atoms with E-state index in [0.717, 1.165) is 11.3 Å². The number of benzene rings is 1. The van der Waals surface area contributed by atoms with Crippen molar-refractivity contribution in [2.75, 3.05) is 5.32 Å². The number of nitrogens with one attached hydrogen (secondary N) is 1. The first kappa shape index (κ1) is 13.5. The van der Waals surface area contributed by atoms with Gasteiger partial charge in [-0.1, -0.05) is 12.1 Å². The minimum absolute atomic E-state index is 0.0797. The Hall–Kier alpha value is -1.94. The second-order valence-corrected chi connectivity index (χ2v) is 4.74. The molecule has 19 heavy (non-hydrogen) atoms. The van der Waals surface area contributed by atoms with E-state index in [1.54, 1.807) is 6.20 Å². The number of aryl methyl sites for hydroxylation is 3. The summed E-state index contributed by atoms with van der Waals surface area (Å²) >= 11 is 0. The molecule has 100 valence electrons. The predicted octanol–water partition coefficient (Wildman–Crippen LogP) is 2.51. The lowest BCUT2D eigenvalue weighted by molar-refractivity contribution is 0.281. The molecule has 4 heteroatoms. The lowest BCUT2D eigenvalue weighted by Gasteiger charge is -2.13. The molecule has 0 unspecified atom stereocenters. The zero-order chi connectivity index (χ0) is 13.8. The van der Waals surface area contributed by atoms with E-state index >= 15 is 0 Å². The quantitative estimate of drug-likeness (QED) is 0.883. The summed E-state index contributed by atoms with van der Waals surface area (Å²) in [6.45, 7) is 6.82. The molecule has 0 amide bonds. The van der Waals surface area contributed by atoms with Gasteiger partial charge in [0, 0.05) is 18.4 Å². The molecule has 0 fully saturated rings. The second-order valence-electron chi connectivity index (χ2n) is 4.74. The van der Waals surface area contributed by atoms with Crippen LogP contribution in [0.2, 0.25) is 0 Å². The minimum atomic E-state index is 0.0797. The number of aromatic nitrogens is 2. The van der Waals surface area contributed by atoms with Crippen LogP contribution in [0.3, 0.4) is 0 Å². The normalized spacial score (nSPS) is 10.5. The SMILES string of the molecule is Cc1ccnc(NCc2c(C)cc(CO)cc2C)n1. The highest BCUT2D eigenvalue weighted by atomic mass is 16.3. The third-order valence-electron chi connectivity index (χ3n) is 3.16. The average Bonchev–Trinajstić information content (AvgIpc) is 2.37. The maximum absolute atomic E-state index is 9.18. The van der Waals surface area contributed by atoms with E-state index in [4.69, 9.17) is 0 Å². The zero-order valence-corrected chi connectivity index (χ0v) is 11.6. The monoisotopic (exact) mass is 257 g/mol. The molecule has 2 aromatic rings. The van der Waals surface area contributed by atoms with Gasteiger partial charge in [0.25, 0.3) is 0 Å². The van der Waals surface area contributed by atoms with Crippen LogP contribution in [0.25, 0.3) is 0 Å². The predicted molar refractivity (Wildman–Crippen MR) is 75.9 cm³/mol. The molecular weight excluding hydrogens is 238 g/mol. The molecular formula is C15H19N3O. The highest BCUT2D eigenvalue weighted by Gasteiger charge is 2.05. The van der Waals surface area contributed by atoms with Gasteiger partial charge in [0.1, 0.15) is 0 Å². The average molecular weight is 257 g/mol. The number of aliphatic hydroxyl groups is 1. The Morgan fingerprint density at radius 1 is 1.16 bits per heavy atom. The molecule has 0 atom stereocenters. The molecule has 0 bridgehead atoms. The molecule has 1 heterocycles. The van der Waals surface area contributed by atoms with Crippen molar-refractivity contribution in [3.8, 4) is 0 Å². The van der Waals surface area contributed by atoms with E-state index < -0.39 is 0 Å². The molecule has 0 aliphatic heterocycles. The summed E-state index contributed by atoms with van der Waals surface area (Å²) in [7, 11) is 0. The van der Waals surface area contributed by atoms with E-state index in [1.165, 1.54) is 16.7 Å². The number of anilines is 1. The van der Waals surface area contributed by atoms with Gasteiger partial charge in [-0.15, -0.1) is 0 Å². The molecule has 0 saturated carbocycles. The number of hydrogen-bond donors (Lipinski definition) is 2. The van der Waals surface area contributed by atoms with Gasteiger partial charge in [0.2, 0.25) is 5.95 Å². The Morgan fingerprint density at radius 3 is 2.42 bits per heavy atom. The summed E-state index contributed by atoms with van der Waals surface area (Å²) in [5.74, 6) is 0.644. The lowest BCUT2D eigenvalue weighted by Crippen LogP contribution is -2.07. The fourth-order valence-electron chi connectivity index (χ4n) is 2.15. The Balaban J connectivity index is 2.16. The second kappa shape index (κ2) is 5.80.